The van der Waals surface area contributed by atoms with Gasteiger partial charge in [0.05, 0.1) is 31.9 Å². The van der Waals surface area contributed by atoms with E-state index in [1.54, 1.807) is 18.4 Å². The molecule has 2 fully saturated rings. The number of ether oxygens (including phenoxy) is 2. The number of nitrogens with one attached hydrogen (secondary N) is 2. The summed E-state index contributed by atoms with van der Waals surface area (Å²) in [6, 6.07) is 10.8. The Balaban J connectivity index is 1.33. The minimum atomic E-state index is 0.349. The van der Waals surface area contributed by atoms with Crippen LogP contribution in [0.1, 0.15) is 24.1 Å². The molecule has 0 spiro atoms. The van der Waals surface area contributed by atoms with Gasteiger partial charge in [-0.05, 0) is 54.0 Å². The molecule has 0 amide bonds. The number of hydrogen-bond acceptors (Lipinski definition) is 4. The van der Waals surface area contributed by atoms with Crippen molar-refractivity contribution in [1.82, 2.24) is 10.6 Å². The van der Waals surface area contributed by atoms with E-state index in [0.717, 1.165) is 31.1 Å². The van der Waals surface area contributed by atoms with Gasteiger partial charge in [-0.2, -0.15) is 0 Å². The second-order valence-corrected chi connectivity index (χ2v) is 7.81. The molecule has 2 aliphatic rings. The van der Waals surface area contributed by atoms with Gasteiger partial charge in [0.1, 0.15) is 5.75 Å². The van der Waals surface area contributed by atoms with Crippen LogP contribution in [0.5, 0.6) is 5.75 Å². The van der Waals surface area contributed by atoms with Gasteiger partial charge in [0.25, 0.3) is 0 Å². The number of aliphatic imine (C=N–C) groups is 1. The number of nitrogens with zero attached hydrogens (tertiary/aromatic N) is 1. The molecule has 0 saturated carbocycles. The van der Waals surface area contributed by atoms with Crippen LogP contribution in [-0.4, -0.2) is 38.4 Å². The van der Waals surface area contributed by atoms with Crippen molar-refractivity contribution in [2.75, 3.05) is 14.2 Å². The third-order valence-corrected chi connectivity index (χ3v) is 6.10. The molecule has 2 aromatic rings. The zero-order valence-electron chi connectivity index (χ0n) is 15.2. The van der Waals surface area contributed by atoms with Gasteiger partial charge >= 0.3 is 0 Å². The SMILES string of the molecule is CN=C(NCc1cc(-c2ccc(OC)cc2)cs1)NC1CC2CCC1O2. The van der Waals surface area contributed by atoms with Crippen molar-refractivity contribution in [3.63, 3.8) is 0 Å². The van der Waals surface area contributed by atoms with E-state index in [0.29, 0.717) is 18.2 Å². The van der Waals surface area contributed by atoms with E-state index in [2.05, 4.69) is 39.2 Å². The maximum atomic E-state index is 5.91. The van der Waals surface area contributed by atoms with Crippen molar-refractivity contribution in [2.24, 2.45) is 4.99 Å². The molecule has 138 valence electrons. The summed E-state index contributed by atoms with van der Waals surface area (Å²) in [5.41, 5.74) is 2.44. The van der Waals surface area contributed by atoms with Gasteiger partial charge in [0.2, 0.25) is 0 Å². The van der Waals surface area contributed by atoms with Crippen LogP contribution >= 0.6 is 11.3 Å². The van der Waals surface area contributed by atoms with Crippen LogP contribution in [-0.2, 0) is 11.3 Å². The first-order valence-corrected chi connectivity index (χ1v) is 9.97. The molecular weight excluding hydrogens is 346 g/mol. The minimum absolute atomic E-state index is 0.349. The Kier molecular flexibility index (Phi) is 5.13. The maximum Gasteiger partial charge on any atom is 0.191 e. The van der Waals surface area contributed by atoms with Crippen LogP contribution < -0.4 is 15.4 Å². The van der Waals surface area contributed by atoms with Crippen LogP contribution in [0.25, 0.3) is 11.1 Å². The number of methoxy groups -OCH3 is 1. The topological polar surface area (TPSA) is 54.9 Å². The summed E-state index contributed by atoms with van der Waals surface area (Å²) in [5.74, 6) is 1.73. The highest BCUT2D eigenvalue weighted by atomic mass is 32.1. The molecule has 6 heteroatoms. The summed E-state index contributed by atoms with van der Waals surface area (Å²) in [6.45, 7) is 0.766. The van der Waals surface area contributed by atoms with Crippen molar-refractivity contribution in [2.45, 2.75) is 44.1 Å². The van der Waals surface area contributed by atoms with Crippen LogP contribution in [0.4, 0.5) is 0 Å². The number of fused-ring (bicyclic) bond motifs is 2. The van der Waals surface area contributed by atoms with Crippen LogP contribution in [0, 0.1) is 0 Å². The fraction of sp³-hybridized carbons (Fsp3) is 0.450. The van der Waals surface area contributed by atoms with Crippen molar-refractivity contribution in [3.8, 4) is 16.9 Å². The fourth-order valence-corrected chi connectivity index (χ4v) is 4.57. The molecule has 3 heterocycles. The highest BCUT2D eigenvalue weighted by molar-refractivity contribution is 7.10. The van der Waals surface area contributed by atoms with E-state index >= 15 is 0 Å². The highest BCUT2D eigenvalue weighted by Gasteiger charge is 2.41. The summed E-state index contributed by atoms with van der Waals surface area (Å²) >= 11 is 1.76. The second kappa shape index (κ2) is 7.68. The Morgan fingerprint density at radius 2 is 2.12 bits per heavy atom. The largest absolute Gasteiger partial charge is 0.497 e. The van der Waals surface area contributed by atoms with Gasteiger partial charge in [-0.3, -0.25) is 4.99 Å². The normalized spacial score (nSPS) is 24.7. The minimum Gasteiger partial charge on any atom is -0.497 e. The molecular formula is C20H25N3O2S. The Morgan fingerprint density at radius 3 is 2.77 bits per heavy atom. The molecule has 2 aliphatic heterocycles. The molecule has 4 rings (SSSR count). The average molecular weight is 372 g/mol. The first kappa shape index (κ1) is 17.4. The van der Waals surface area contributed by atoms with Gasteiger partial charge in [0, 0.05) is 11.9 Å². The first-order chi connectivity index (χ1) is 12.7. The smallest absolute Gasteiger partial charge is 0.191 e. The summed E-state index contributed by atoms with van der Waals surface area (Å²) in [4.78, 5) is 5.64. The number of guanidine groups is 1. The van der Waals surface area contributed by atoms with Crippen molar-refractivity contribution in [3.05, 3.63) is 40.6 Å². The summed E-state index contributed by atoms with van der Waals surface area (Å²) in [6.07, 6.45) is 4.25. The molecule has 1 aromatic carbocycles. The van der Waals surface area contributed by atoms with Gasteiger partial charge in [-0.1, -0.05) is 12.1 Å². The van der Waals surface area contributed by atoms with Crippen LogP contribution in [0.15, 0.2) is 40.7 Å². The number of rotatable bonds is 5. The van der Waals surface area contributed by atoms with Gasteiger partial charge in [-0.25, -0.2) is 0 Å². The fourth-order valence-electron chi connectivity index (χ4n) is 3.74. The van der Waals surface area contributed by atoms with Gasteiger partial charge < -0.3 is 20.1 Å². The predicted octanol–water partition coefficient (Wildman–Crippen LogP) is 3.41. The quantitative estimate of drug-likeness (QED) is 0.625. The van der Waals surface area contributed by atoms with Crippen molar-refractivity contribution in [1.29, 1.82) is 0 Å². The Morgan fingerprint density at radius 1 is 1.27 bits per heavy atom. The zero-order valence-corrected chi connectivity index (χ0v) is 16.0. The zero-order chi connectivity index (χ0) is 17.9. The predicted molar refractivity (Wildman–Crippen MR) is 106 cm³/mol. The number of hydrogen-bond donors (Lipinski definition) is 2. The Labute approximate surface area is 158 Å². The maximum absolute atomic E-state index is 5.91. The van der Waals surface area contributed by atoms with Gasteiger partial charge in [-0.15, -0.1) is 11.3 Å². The monoisotopic (exact) mass is 371 g/mol. The molecule has 3 unspecified atom stereocenters. The second-order valence-electron chi connectivity index (χ2n) is 6.82. The van der Waals surface area contributed by atoms with Crippen LogP contribution in [0.2, 0.25) is 0 Å². The third-order valence-electron chi connectivity index (χ3n) is 5.16. The summed E-state index contributed by atoms with van der Waals surface area (Å²) < 4.78 is 11.1. The molecule has 3 atom stereocenters. The molecule has 2 N–H and O–H groups in total. The van der Waals surface area contributed by atoms with E-state index in [4.69, 9.17) is 9.47 Å². The lowest BCUT2D eigenvalue weighted by atomic mass is 9.96. The highest BCUT2D eigenvalue weighted by Crippen LogP contribution is 2.34. The number of thiophene rings is 1. The van der Waals surface area contributed by atoms with E-state index < -0.39 is 0 Å². The van der Waals surface area contributed by atoms with Crippen molar-refractivity contribution >= 4 is 17.3 Å². The van der Waals surface area contributed by atoms with E-state index in [1.807, 2.05) is 19.2 Å². The standard InChI is InChI=1S/C20H25N3O2S/c1-21-20(23-18-10-16-7-8-19(18)25-16)22-11-17-9-14(12-26-17)13-3-5-15(24-2)6-4-13/h3-6,9,12,16,18-19H,7-8,10-11H2,1-2H3,(H2,21,22,23). The lowest BCUT2D eigenvalue weighted by Gasteiger charge is -2.22. The van der Waals surface area contributed by atoms with E-state index in [9.17, 15) is 0 Å². The Hall–Kier alpha value is -2.05. The average Bonchev–Trinajstić information content (AvgIpc) is 3.42. The lowest BCUT2D eigenvalue weighted by molar-refractivity contribution is 0.0992. The Bertz CT molecular complexity index is 772. The van der Waals surface area contributed by atoms with Crippen molar-refractivity contribution < 1.29 is 9.47 Å². The molecule has 2 saturated heterocycles. The molecule has 26 heavy (non-hydrogen) atoms. The summed E-state index contributed by atoms with van der Waals surface area (Å²) in [5, 5.41) is 9.15. The molecule has 0 aliphatic carbocycles. The molecule has 2 bridgehead atoms. The van der Waals surface area contributed by atoms with E-state index in [1.165, 1.54) is 22.4 Å². The summed E-state index contributed by atoms with van der Waals surface area (Å²) in [7, 11) is 3.51. The van der Waals surface area contributed by atoms with Gasteiger partial charge in [0.15, 0.2) is 5.96 Å². The molecule has 0 radical (unpaired) electrons. The molecule has 1 aromatic heterocycles. The first-order valence-electron chi connectivity index (χ1n) is 9.09. The third kappa shape index (κ3) is 3.71. The molecule has 5 nitrogen and oxygen atoms in total. The van der Waals surface area contributed by atoms with Crippen LogP contribution in [0.3, 0.4) is 0 Å². The number of benzene rings is 1. The van der Waals surface area contributed by atoms with E-state index in [-0.39, 0.29) is 0 Å². The lowest BCUT2D eigenvalue weighted by Crippen LogP contribution is -2.47.